The van der Waals surface area contributed by atoms with Crippen LogP contribution >= 0.6 is 11.6 Å². The largest absolute Gasteiger partial charge is 0.397 e. The maximum absolute atomic E-state index is 12.5. The lowest BCUT2D eigenvalue weighted by atomic mass is 10.3. The molecule has 19 heavy (non-hydrogen) atoms. The maximum Gasteiger partial charge on any atom is 0.243 e. The minimum absolute atomic E-state index is 0.138. The Hall–Kier alpha value is -0.820. The standard InChI is InChI=1S/C12H19ClN2O3S/c1-9(2)15(6-7-18-3)19(16,17)10-4-5-11(13)12(14)8-10/h4-5,8-9H,6-7,14H2,1-3H3. The molecule has 0 fully saturated rings. The van der Waals surface area contributed by atoms with Crippen molar-refractivity contribution in [3.05, 3.63) is 23.2 Å². The van der Waals surface area contributed by atoms with Crippen LogP contribution in [0, 0.1) is 0 Å². The van der Waals surface area contributed by atoms with Crippen LogP contribution in [0.4, 0.5) is 5.69 Å². The van der Waals surface area contributed by atoms with E-state index in [-0.39, 0.29) is 16.6 Å². The molecule has 108 valence electrons. The van der Waals surface area contributed by atoms with Gasteiger partial charge in [-0.3, -0.25) is 0 Å². The molecule has 1 rings (SSSR count). The molecule has 5 nitrogen and oxygen atoms in total. The van der Waals surface area contributed by atoms with Gasteiger partial charge in [0.1, 0.15) is 0 Å². The summed E-state index contributed by atoms with van der Waals surface area (Å²) in [6.45, 7) is 4.25. The van der Waals surface area contributed by atoms with E-state index in [0.29, 0.717) is 18.2 Å². The topological polar surface area (TPSA) is 72.6 Å². The molecule has 0 unspecified atom stereocenters. The second-order valence-electron chi connectivity index (χ2n) is 4.39. The fourth-order valence-corrected chi connectivity index (χ4v) is 3.43. The van der Waals surface area contributed by atoms with Crippen molar-refractivity contribution < 1.29 is 13.2 Å². The van der Waals surface area contributed by atoms with Gasteiger partial charge >= 0.3 is 0 Å². The molecular weight excluding hydrogens is 288 g/mol. The van der Waals surface area contributed by atoms with Gasteiger partial charge in [-0.1, -0.05) is 11.6 Å². The molecule has 0 atom stereocenters. The van der Waals surface area contributed by atoms with Crippen molar-refractivity contribution in [2.45, 2.75) is 24.8 Å². The summed E-state index contributed by atoms with van der Waals surface area (Å²) in [5.41, 5.74) is 5.90. The Balaban J connectivity index is 3.15. The number of anilines is 1. The number of hydrogen-bond acceptors (Lipinski definition) is 4. The number of hydrogen-bond donors (Lipinski definition) is 1. The van der Waals surface area contributed by atoms with Gasteiger partial charge < -0.3 is 10.5 Å². The molecule has 0 aliphatic heterocycles. The van der Waals surface area contributed by atoms with Crippen molar-refractivity contribution in [1.82, 2.24) is 4.31 Å². The summed E-state index contributed by atoms with van der Waals surface area (Å²) in [6.07, 6.45) is 0. The van der Waals surface area contributed by atoms with Gasteiger partial charge in [0.2, 0.25) is 10.0 Å². The number of nitrogens with two attached hydrogens (primary N) is 1. The quantitative estimate of drug-likeness (QED) is 0.816. The Labute approximate surface area is 119 Å². The number of sulfonamides is 1. The zero-order chi connectivity index (χ0) is 14.6. The Morgan fingerprint density at radius 2 is 2.05 bits per heavy atom. The lowest BCUT2D eigenvalue weighted by Crippen LogP contribution is -2.39. The van der Waals surface area contributed by atoms with E-state index in [1.165, 1.54) is 29.6 Å². The Morgan fingerprint density at radius 3 is 2.53 bits per heavy atom. The summed E-state index contributed by atoms with van der Waals surface area (Å²) < 4.78 is 31.3. The van der Waals surface area contributed by atoms with Crippen LogP contribution in [0.2, 0.25) is 5.02 Å². The summed E-state index contributed by atoms with van der Waals surface area (Å²) in [5.74, 6) is 0. The molecule has 0 radical (unpaired) electrons. The van der Waals surface area contributed by atoms with Crippen LogP contribution < -0.4 is 5.73 Å². The van der Waals surface area contributed by atoms with E-state index in [2.05, 4.69) is 0 Å². The van der Waals surface area contributed by atoms with Gasteiger partial charge in [0.15, 0.2) is 0 Å². The third kappa shape index (κ3) is 3.82. The zero-order valence-corrected chi connectivity index (χ0v) is 12.8. The van der Waals surface area contributed by atoms with E-state index in [1.807, 2.05) is 13.8 Å². The highest BCUT2D eigenvalue weighted by atomic mass is 35.5. The molecule has 0 aliphatic rings. The Morgan fingerprint density at radius 1 is 1.42 bits per heavy atom. The van der Waals surface area contributed by atoms with Gasteiger partial charge in [0, 0.05) is 19.7 Å². The number of rotatable bonds is 6. The van der Waals surface area contributed by atoms with E-state index in [9.17, 15) is 8.42 Å². The average Bonchev–Trinajstić information content (AvgIpc) is 2.32. The molecule has 1 aromatic carbocycles. The predicted octanol–water partition coefficient (Wildman–Crippen LogP) is 1.97. The van der Waals surface area contributed by atoms with Gasteiger partial charge in [-0.2, -0.15) is 4.31 Å². The predicted molar refractivity (Wildman–Crippen MR) is 76.8 cm³/mol. The molecule has 2 N–H and O–H groups in total. The minimum atomic E-state index is -3.60. The molecule has 0 aliphatic carbocycles. The van der Waals surface area contributed by atoms with E-state index in [0.717, 1.165) is 0 Å². The summed E-state index contributed by atoms with van der Waals surface area (Å²) in [4.78, 5) is 0.138. The molecule has 0 amide bonds. The summed E-state index contributed by atoms with van der Waals surface area (Å²) in [5, 5.41) is 0.340. The van der Waals surface area contributed by atoms with Crippen molar-refractivity contribution in [2.24, 2.45) is 0 Å². The van der Waals surface area contributed by atoms with Gasteiger partial charge in [-0.25, -0.2) is 8.42 Å². The molecule has 1 aromatic rings. The normalized spacial score (nSPS) is 12.3. The van der Waals surface area contributed by atoms with Crippen molar-refractivity contribution in [3.8, 4) is 0 Å². The molecular formula is C12H19ClN2O3S. The van der Waals surface area contributed by atoms with Crippen LogP contribution in [0.25, 0.3) is 0 Å². The van der Waals surface area contributed by atoms with E-state index in [1.54, 1.807) is 0 Å². The highest BCUT2D eigenvalue weighted by Gasteiger charge is 2.27. The fourth-order valence-electron chi connectivity index (χ4n) is 1.65. The fraction of sp³-hybridized carbons (Fsp3) is 0.500. The number of nitrogen functional groups attached to an aromatic ring is 1. The van der Waals surface area contributed by atoms with Crippen molar-refractivity contribution >= 4 is 27.3 Å². The van der Waals surface area contributed by atoms with Crippen molar-refractivity contribution in [2.75, 3.05) is 26.0 Å². The number of ether oxygens (including phenoxy) is 1. The van der Waals surface area contributed by atoms with Crippen LogP contribution in [-0.4, -0.2) is 39.0 Å². The van der Waals surface area contributed by atoms with Gasteiger partial charge in [-0.05, 0) is 32.0 Å². The first-order valence-electron chi connectivity index (χ1n) is 5.86. The molecule has 0 heterocycles. The summed E-state index contributed by atoms with van der Waals surface area (Å²) in [6, 6.07) is 4.14. The second kappa shape index (κ2) is 6.56. The third-order valence-corrected chi connectivity index (χ3v) is 5.08. The maximum atomic E-state index is 12.5. The number of nitrogens with zero attached hydrogens (tertiary/aromatic N) is 1. The van der Waals surface area contributed by atoms with Crippen LogP contribution in [-0.2, 0) is 14.8 Å². The third-order valence-electron chi connectivity index (χ3n) is 2.67. The van der Waals surface area contributed by atoms with Crippen molar-refractivity contribution in [1.29, 1.82) is 0 Å². The SMILES string of the molecule is COCCN(C(C)C)S(=O)(=O)c1ccc(Cl)c(N)c1. The lowest BCUT2D eigenvalue weighted by molar-refractivity contribution is 0.171. The first kappa shape index (κ1) is 16.2. The number of methoxy groups -OCH3 is 1. The lowest BCUT2D eigenvalue weighted by Gasteiger charge is -2.25. The average molecular weight is 307 g/mol. The van der Waals surface area contributed by atoms with Crippen LogP contribution in [0.15, 0.2) is 23.1 Å². The summed E-state index contributed by atoms with van der Waals surface area (Å²) in [7, 11) is -2.06. The van der Waals surface area contributed by atoms with E-state index < -0.39 is 10.0 Å². The van der Waals surface area contributed by atoms with Crippen LogP contribution in [0.5, 0.6) is 0 Å². The van der Waals surface area contributed by atoms with E-state index in [4.69, 9.17) is 22.1 Å². The van der Waals surface area contributed by atoms with E-state index >= 15 is 0 Å². The molecule has 0 aromatic heterocycles. The Kier molecular flexibility index (Phi) is 5.61. The molecule has 0 saturated carbocycles. The number of halogens is 1. The number of benzene rings is 1. The van der Waals surface area contributed by atoms with Gasteiger partial charge in [0.25, 0.3) is 0 Å². The first-order valence-corrected chi connectivity index (χ1v) is 7.68. The highest BCUT2D eigenvalue weighted by Crippen LogP contribution is 2.25. The smallest absolute Gasteiger partial charge is 0.243 e. The second-order valence-corrected chi connectivity index (χ2v) is 6.68. The zero-order valence-electron chi connectivity index (χ0n) is 11.3. The molecule has 7 heteroatoms. The molecule has 0 spiro atoms. The minimum Gasteiger partial charge on any atom is -0.397 e. The van der Waals surface area contributed by atoms with Crippen LogP contribution in [0.3, 0.4) is 0 Å². The Bertz CT molecular complexity index is 532. The molecule has 0 saturated heterocycles. The highest BCUT2D eigenvalue weighted by molar-refractivity contribution is 7.89. The summed E-state index contributed by atoms with van der Waals surface area (Å²) >= 11 is 5.80. The van der Waals surface area contributed by atoms with Gasteiger partial charge in [0.05, 0.1) is 22.2 Å². The van der Waals surface area contributed by atoms with Crippen molar-refractivity contribution in [3.63, 3.8) is 0 Å². The monoisotopic (exact) mass is 306 g/mol. The van der Waals surface area contributed by atoms with Gasteiger partial charge in [-0.15, -0.1) is 0 Å². The molecule has 0 bridgehead atoms. The van der Waals surface area contributed by atoms with Crippen LogP contribution in [0.1, 0.15) is 13.8 Å². The first-order chi connectivity index (χ1) is 8.80.